The van der Waals surface area contributed by atoms with Gasteiger partial charge in [-0.25, -0.2) is 4.79 Å². The van der Waals surface area contributed by atoms with Crippen LogP contribution in [0.1, 0.15) is 63.4 Å². The smallest absolute Gasteiger partial charge is 0.389 e. The molecule has 2 aromatic heterocycles. The quantitative estimate of drug-likeness (QED) is 0.569. The lowest BCUT2D eigenvalue weighted by molar-refractivity contribution is -0.153. The van der Waals surface area contributed by atoms with E-state index in [4.69, 9.17) is 4.74 Å². The Kier molecular flexibility index (Phi) is 7.14. The molecule has 0 unspecified atom stereocenters. The Morgan fingerprint density at radius 3 is 2.42 bits per heavy atom. The van der Waals surface area contributed by atoms with Gasteiger partial charge in [-0.05, 0) is 52.0 Å². The van der Waals surface area contributed by atoms with Crippen molar-refractivity contribution in [1.29, 1.82) is 0 Å². The first-order valence-electron chi connectivity index (χ1n) is 11.0. The number of alkyl halides is 3. The van der Waals surface area contributed by atoms with Crippen LogP contribution in [0.4, 0.5) is 13.2 Å². The van der Waals surface area contributed by atoms with Gasteiger partial charge >= 0.3 is 17.8 Å². The maximum atomic E-state index is 13.2. The number of thiophene rings is 1. The molecule has 0 spiro atoms. The summed E-state index contributed by atoms with van der Waals surface area (Å²) < 4.78 is 45.9. The number of hydrogen-bond donors (Lipinski definition) is 1. The van der Waals surface area contributed by atoms with Crippen molar-refractivity contribution in [2.75, 3.05) is 6.54 Å². The van der Waals surface area contributed by atoms with Crippen LogP contribution in [0, 0.1) is 12.8 Å². The molecule has 1 saturated carbocycles. The Hall–Kier alpha value is -2.14. The fourth-order valence-electron chi connectivity index (χ4n) is 3.82. The van der Waals surface area contributed by atoms with E-state index in [1.165, 1.54) is 20.5 Å². The molecule has 33 heavy (non-hydrogen) atoms. The Morgan fingerprint density at radius 1 is 1.24 bits per heavy atom. The van der Waals surface area contributed by atoms with Crippen molar-refractivity contribution in [1.82, 2.24) is 14.5 Å². The summed E-state index contributed by atoms with van der Waals surface area (Å²) in [6, 6.07) is -0.226. The number of carbonyl (C=O) groups excluding carboxylic acids is 1. The van der Waals surface area contributed by atoms with Gasteiger partial charge in [0.15, 0.2) is 0 Å². The van der Waals surface area contributed by atoms with Gasteiger partial charge in [-0.2, -0.15) is 13.2 Å². The summed E-state index contributed by atoms with van der Waals surface area (Å²) in [5.41, 5.74) is -0.894. The SMILES string of the molecule is Cc1c(CNCC(=O)OC(C)(C)C)sc2c1c(=O)n([C@H]1C[C@@H]1C)c(=O)n2CCCC(F)(F)F. The molecule has 1 N–H and O–H groups in total. The minimum absolute atomic E-state index is 0.0346. The zero-order valence-corrected chi connectivity index (χ0v) is 20.3. The van der Waals surface area contributed by atoms with E-state index in [-0.39, 0.29) is 38.0 Å². The molecule has 0 bridgehead atoms. The summed E-state index contributed by atoms with van der Waals surface area (Å²) in [5, 5.41) is 3.35. The molecule has 1 fully saturated rings. The molecule has 1 aliphatic carbocycles. The first kappa shape index (κ1) is 25.5. The molecule has 0 amide bonds. The number of fused-ring (bicyclic) bond motifs is 1. The van der Waals surface area contributed by atoms with Crippen LogP contribution in [0.5, 0.6) is 0 Å². The Morgan fingerprint density at radius 2 is 1.88 bits per heavy atom. The maximum Gasteiger partial charge on any atom is 0.389 e. The van der Waals surface area contributed by atoms with Gasteiger partial charge in [-0.3, -0.25) is 18.7 Å². The third-order valence-electron chi connectivity index (χ3n) is 5.56. The van der Waals surface area contributed by atoms with E-state index in [1.54, 1.807) is 27.7 Å². The van der Waals surface area contributed by atoms with E-state index in [0.29, 0.717) is 22.2 Å². The molecule has 7 nitrogen and oxygen atoms in total. The summed E-state index contributed by atoms with van der Waals surface area (Å²) in [6.07, 6.45) is -4.88. The molecule has 0 aliphatic heterocycles. The third kappa shape index (κ3) is 6.06. The molecule has 0 saturated heterocycles. The number of ether oxygens (including phenoxy) is 1. The van der Waals surface area contributed by atoms with Crippen LogP contribution in [0.3, 0.4) is 0 Å². The van der Waals surface area contributed by atoms with Crippen LogP contribution in [0.15, 0.2) is 9.59 Å². The molecule has 1 aliphatic rings. The van der Waals surface area contributed by atoms with Crippen molar-refractivity contribution in [2.24, 2.45) is 5.92 Å². The number of nitrogens with one attached hydrogen (secondary N) is 1. The fourth-order valence-corrected chi connectivity index (χ4v) is 5.11. The average molecular weight is 490 g/mol. The van der Waals surface area contributed by atoms with Crippen molar-refractivity contribution >= 4 is 27.5 Å². The highest BCUT2D eigenvalue weighted by atomic mass is 32.1. The third-order valence-corrected chi connectivity index (χ3v) is 6.87. The first-order valence-corrected chi connectivity index (χ1v) is 11.8. The van der Waals surface area contributed by atoms with E-state index in [1.807, 2.05) is 6.92 Å². The molecule has 2 aromatic rings. The summed E-state index contributed by atoms with van der Waals surface area (Å²) in [5.74, 6) is -0.249. The fraction of sp³-hybridized carbons (Fsp3) is 0.682. The maximum absolute atomic E-state index is 13.2. The number of esters is 1. The van der Waals surface area contributed by atoms with Gasteiger partial charge in [0.1, 0.15) is 10.4 Å². The highest BCUT2D eigenvalue weighted by Gasteiger charge is 2.38. The van der Waals surface area contributed by atoms with Gasteiger partial charge in [0.05, 0.1) is 11.9 Å². The second kappa shape index (κ2) is 9.25. The molecule has 11 heteroatoms. The zero-order valence-electron chi connectivity index (χ0n) is 19.5. The standard InChI is InChI=1S/C22H30F3N3O4S/c1-12-9-14(12)28-18(30)17-13(2)15(10-26-11-16(29)32-21(3,4)5)33-19(17)27(20(28)31)8-6-7-22(23,24)25/h12,14,26H,6-11H2,1-5H3/t12-,14-/m0/s1. The molecular weight excluding hydrogens is 459 g/mol. The van der Waals surface area contributed by atoms with Crippen LogP contribution in [0.2, 0.25) is 0 Å². The normalized spacial score (nSPS) is 18.7. The zero-order chi connectivity index (χ0) is 24.7. The Bertz CT molecular complexity index is 1160. The molecule has 2 heterocycles. The number of carbonyl (C=O) groups is 1. The van der Waals surface area contributed by atoms with E-state index in [2.05, 4.69) is 5.32 Å². The first-order chi connectivity index (χ1) is 15.2. The summed E-state index contributed by atoms with van der Waals surface area (Å²) in [6.45, 7) is 9.10. The predicted octanol–water partition coefficient (Wildman–Crippen LogP) is 3.89. The number of rotatable bonds is 8. The predicted molar refractivity (Wildman–Crippen MR) is 121 cm³/mol. The molecule has 3 rings (SSSR count). The molecule has 0 aromatic carbocycles. The van der Waals surface area contributed by atoms with Gasteiger partial charge in [-0.1, -0.05) is 6.92 Å². The van der Waals surface area contributed by atoms with Crippen molar-refractivity contribution in [3.05, 3.63) is 31.3 Å². The highest BCUT2D eigenvalue weighted by Crippen LogP contribution is 2.41. The van der Waals surface area contributed by atoms with Gasteiger partial charge in [0.25, 0.3) is 5.56 Å². The monoisotopic (exact) mass is 489 g/mol. The number of aryl methyl sites for hydroxylation is 2. The topological polar surface area (TPSA) is 82.3 Å². The van der Waals surface area contributed by atoms with E-state index in [0.717, 1.165) is 4.88 Å². The van der Waals surface area contributed by atoms with Crippen molar-refractivity contribution < 1.29 is 22.7 Å². The van der Waals surface area contributed by atoms with Crippen LogP contribution >= 0.6 is 11.3 Å². The largest absolute Gasteiger partial charge is 0.459 e. The lowest BCUT2D eigenvalue weighted by Gasteiger charge is -2.19. The van der Waals surface area contributed by atoms with Crippen molar-refractivity contribution in [3.8, 4) is 0 Å². The van der Waals surface area contributed by atoms with Crippen LogP contribution in [0.25, 0.3) is 10.2 Å². The molecule has 2 atom stereocenters. The second-order valence-electron chi connectivity index (χ2n) is 9.63. The second-order valence-corrected chi connectivity index (χ2v) is 10.7. The van der Waals surface area contributed by atoms with Crippen molar-refractivity contribution in [3.63, 3.8) is 0 Å². The van der Waals surface area contributed by atoms with Gasteiger partial charge in [0.2, 0.25) is 0 Å². The summed E-state index contributed by atoms with van der Waals surface area (Å²) >= 11 is 1.20. The molecule has 0 radical (unpaired) electrons. The summed E-state index contributed by atoms with van der Waals surface area (Å²) in [4.78, 5) is 39.4. The number of hydrogen-bond acceptors (Lipinski definition) is 6. The van der Waals surface area contributed by atoms with Gasteiger partial charge in [0, 0.05) is 30.4 Å². The minimum Gasteiger partial charge on any atom is -0.459 e. The minimum atomic E-state index is -4.32. The highest BCUT2D eigenvalue weighted by molar-refractivity contribution is 7.18. The van der Waals surface area contributed by atoms with Gasteiger partial charge < -0.3 is 10.1 Å². The number of aromatic nitrogens is 2. The number of halogens is 3. The summed E-state index contributed by atoms with van der Waals surface area (Å²) in [7, 11) is 0. The van der Waals surface area contributed by atoms with Crippen LogP contribution in [-0.2, 0) is 22.6 Å². The molecule has 184 valence electrons. The Balaban J connectivity index is 1.93. The molecular formula is C22H30F3N3O4S. The van der Waals surface area contributed by atoms with E-state index in [9.17, 15) is 27.6 Å². The number of nitrogens with zero attached hydrogens (tertiary/aromatic N) is 2. The lowest BCUT2D eigenvalue weighted by Crippen LogP contribution is -2.39. The average Bonchev–Trinajstić information content (AvgIpc) is 3.26. The van der Waals surface area contributed by atoms with E-state index >= 15 is 0 Å². The van der Waals surface area contributed by atoms with E-state index < -0.39 is 35.4 Å². The van der Waals surface area contributed by atoms with Crippen LogP contribution in [-0.4, -0.2) is 33.4 Å². The van der Waals surface area contributed by atoms with Crippen molar-refractivity contribution in [2.45, 2.75) is 84.8 Å². The Labute approximate surface area is 193 Å². The van der Waals surface area contributed by atoms with Crippen LogP contribution < -0.4 is 16.6 Å². The lowest BCUT2D eigenvalue weighted by atomic mass is 10.2. The van der Waals surface area contributed by atoms with Gasteiger partial charge in [-0.15, -0.1) is 11.3 Å².